The van der Waals surface area contributed by atoms with Crippen molar-refractivity contribution < 1.29 is 8.78 Å². The predicted octanol–water partition coefficient (Wildman–Crippen LogP) is 4.17. The van der Waals surface area contributed by atoms with Gasteiger partial charge in [0, 0.05) is 24.1 Å². The fourth-order valence-corrected chi connectivity index (χ4v) is 2.69. The average Bonchev–Trinajstić information content (AvgIpc) is 3.18. The molecule has 1 fully saturated rings. The third-order valence-electron chi connectivity index (χ3n) is 3.87. The van der Waals surface area contributed by atoms with Crippen molar-refractivity contribution in [3.05, 3.63) is 71.3 Å². The number of halogens is 2. The normalized spacial score (nSPS) is 22.6. The van der Waals surface area contributed by atoms with Crippen LogP contribution in [0.15, 0.2) is 48.5 Å². The smallest absolute Gasteiger partial charge is 0.126 e. The van der Waals surface area contributed by atoms with Crippen LogP contribution in [0.25, 0.3) is 0 Å². The summed E-state index contributed by atoms with van der Waals surface area (Å²) >= 11 is 0. The van der Waals surface area contributed by atoms with Crippen molar-refractivity contribution in [2.45, 2.75) is 31.3 Å². The minimum atomic E-state index is -0.524. The largest absolute Gasteiger partial charge is 0.307 e. The molecule has 1 aliphatic rings. The lowest BCUT2D eigenvalue weighted by Crippen LogP contribution is -2.22. The van der Waals surface area contributed by atoms with Crippen LogP contribution in [0, 0.1) is 11.6 Å². The van der Waals surface area contributed by atoms with Gasteiger partial charge in [-0.25, -0.2) is 8.78 Å². The fourth-order valence-electron chi connectivity index (χ4n) is 2.69. The van der Waals surface area contributed by atoms with E-state index >= 15 is 0 Å². The van der Waals surface area contributed by atoms with Crippen LogP contribution in [0.4, 0.5) is 8.78 Å². The Hall–Kier alpha value is -1.74. The highest BCUT2D eigenvalue weighted by atomic mass is 19.1. The third-order valence-corrected chi connectivity index (χ3v) is 3.87. The lowest BCUT2D eigenvalue weighted by atomic mass is 10.1. The van der Waals surface area contributed by atoms with Crippen LogP contribution in [-0.2, 0) is 0 Å². The molecule has 0 radical (unpaired) electrons. The first-order valence-corrected chi connectivity index (χ1v) is 6.90. The van der Waals surface area contributed by atoms with Crippen molar-refractivity contribution >= 4 is 0 Å². The quantitative estimate of drug-likeness (QED) is 0.881. The zero-order valence-corrected chi connectivity index (χ0v) is 11.3. The number of rotatable bonds is 4. The molecular formula is C17H17F2N. The zero-order chi connectivity index (χ0) is 14.1. The molecule has 1 saturated carbocycles. The van der Waals surface area contributed by atoms with Crippen LogP contribution < -0.4 is 5.32 Å². The Bertz CT molecular complexity index is 577. The van der Waals surface area contributed by atoms with Crippen molar-refractivity contribution in [1.82, 2.24) is 5.32 Å². The minimum Gasteiger partial charge on any atom is -0.307 e. The summed E-state index contributed by atoms with van der Waals surface area (Å²) in [6, 6.07) is 14.3. The fraction of sp³-hybridized carbons (Fsp3) is 0.294. The zero-order valence-electron chi connectivity index (χ0n) is 11.3. The van der Waals surface area contributed by atoms with Gasteiger partial charge in [0.25, 0.3) is 0 Å². The predicted molar refractivity (Wildman–Crippen MR) is 75.5 cm³/mol. The Balaban J connectivity index is 1.65. The number of hydrogen-bond acceptors (Lipinski definition) is 1. The topological polar surface area (TPSA) is 12.0 Å². The number of nitrogens with one attached hydrogen (secondary N) is 1. The highest BCUT2D eigenvalue weighted by molar-refractivity contribution is 5.29. The second kappa shape index (κ2) is 5.33. The Labute approximate surface area is 117 Å². The van der Waals surface area contributed by atoms with Crippen LogP contribution in [0.1, 0.15) is 36.4 Å². The van der Waals surface area contributed by atoms with E-state index in [1.54, 1.807) is 0 Å². The Morgan fingerprint density at radius 1 is 1.05 bits per heavy atom. The first-order valence-electron chi connectivity index (χ1n) is 6.90. The van der Waals surface area contributed by atoms with Gasteiger partial charge in [0.1, 0.15) is 11.6 Å². The van der Waals surface area contributed by atoms with Crippen LogP contribution >= 0.6 is 0 Å². The summed E-state index contributed by atoms with van der Waals surface area (Å²) in [4.78, 5) is 0. The first-order chi connectivity index (χ1) is 9.63. The summed E-state index contributed by atoms with van der Waals surface area (Å²) in [5, 5.41) is 3.44. The van der Waals surface area contributed by atoms with Crippen LogP contribution in [-0.4, -0.2) is 6.04 Å². The summed E-state index contributed by atoms with van der Waals surface area (Å²) in [6.45, 7) is 1.94. The van der Waals surface area contributed by atoms with Gasteiger partial charge >= 0.3 is 0 Å². The molecule has 0 aromatic heterocycles. The van der Waals surface area contributed by atoms with Crippen molar-refractivity contribution in [3.8, 4) is 0 Å². The van der Waals surface area contributed by atoms with Crippen LogP contribution in [0.2, 0.25) is 0 Å². The van der Waals surface area contributed by atoms with Gasteiger partial charge < -0.3 is 5.32 Å². The summed E-state index contributed by atoms with van der Waals surface area (Å²) in [5.41, 5.74) is 1.98. The molecule has 3 rings (SSSR count). The summed E-state index contributed by atoms with van der Waals surface area (Å²) in [6.07, 6.45) is 1.08. The van der Waals surface area contributed by atoms with Gasteiger partial charge in [0.2, 0.25) is 0 Å². The molecule has 1 N–H and O–H groups in total. The highest BCUT2D eigenvalue weighted by Gasteiger charge is 2.38. The van der Waals surface area contributed by atoms with E-state index in [0.29, 0.717) is 17.5 Å². The molecule has 0 saturated heterocycles. The SMILES string of the molecule is CC(NC1CC1c1ccccc1)c1cc(F)cc(F)c1. The van der Waals surface area contributed by atoms with Crippen molar-refractivity contribution in [3.63, 3.8) is 0 Å². The standard InChI is InChI=1S/C17H17F2N/c1-11(13-7-14(18)9-15(19)8-13)20-17-10-16(17)12-5-3-2-4-6-12/h2-9,11,16-17,20H,10H2,1H3. The van der Waals surface area contributed by atoms with Gasteiger partial charge in [0.05, 0.1) is 0 Å². The maximum atomic E-state index is 13.2. The van der Waals surface area contributed by atoms with Crippen LogP contribution in [0.3, 0.4) is 0 Å². The number of hydrogen-bond donors (Lipinski definition) is 1. The third kappa shape index (κ3) is 2.88. The molecule has 3 unspecified atom stereocenters. The highest BCUT2D eigenvalue weighted by Crippen LogP contribution is 2.41. The Kier molecular flexibility index (Phi) is 3.53. The van der Waals surface area contributed by atoms with E-state index in [1.807, 2.05) is 25.1 Å². The van der Waals surface area contributed by atoms with Gasteiger partial charge in [-0.15, -0.1) is 0 Å². The van der Waals surface area contributed by atoms with Gasteiger partial charge in [0.15, 0.2) is 0 Å². The molecular weight excluding hydrogens is 256 g/mol. The first kappa shape index (κ1) is 13.3. The van der Waals surface area contributed by atoms with E-state index < -0.39 is 11.6 Å². The van der Waals surface area contributed by atoms with E-state index in [1.165, 1.54) is 17.7 Å². The molecule has 2 aromatic rings. The molecule has 0 aliphatic heterocycles. The Morgan fingerprint density at radius 2 is 1.70 bits per heavy atom. The van der Waals surface area contributed by atoms with Crippen LogP contribution in [0.5, 0.6) is 0 Å². The molecule has 0 heterocycles. The van der Waals surface area contributed by atoms with Crippen molar-refractivity contribution in [2.75, 3.05) is 0 Å². The molecule has 2 aromatic carbocycles. The van der Waals surface area contributed by atoms with Gasteiger partial charge in [-0.3, -0.25) is 0 Å². The summed E-state index contributed by atoms with van der Waals surface area (Å²) in [7, 11) is 0. The molecule has 0 bridgehead atoms. The Morgan fingerprint density at radius 3 is 2.35 bits per heavy atom. The maximum Gasteiger partial charge on any atom is 0.126 e. The molecule has 20 heavy (non-hydrogen) atoms. The maximum absolute atomic E-state index is 13.2. The molecule has 3 heteroatoms. The van der Waals surface area contributed by atoms with Gasteiger partial charge in [-0.2, -0.15) is 0 Å². The number of benzene rings is 2. The second-order valence-electron chi connectivity index (χ2n) is 5.45. The average molecular weight is 273 g/mol. The van der Waals surface area contributed by atoms with E-state index in [-0.39, 0.29) is 6.04 Å². The lowest BCUT2D eigenvalue weighted by molar-refractivity contribution is 0.539. The van der Waals surface area contributed by atoms with Crippen molar-refractivity contribution in [2.24, 2.45) is 0 Å². The molecule has 0 spiro atoms. The molecule has 1 aliphatic carbocycles. The molecule has 1 nitrogen and oxygen atoms in total. The van der Waals surface area contributed by atoms with E-state index in [2.05, 4.69) is 17.4 Å². The van der Waals surface area contributed by atoms with Gasteiger partial charge in [-0.05, 0) is 36.6 Å². The van der Waals surface area contributed by atoms with Gasteiger partial charge in [-0.1, -0.05) is 30.3 Å². The molecule has 0 amide bonds. The minimum absolute atomic E-state index is 0.0566. The second-order valence-corrected chi connectivity index (χ2v) is 5.45. The molecule has 3 atom stereocenters. The van der Waals surface area contributed by atoms with E-state index in [9.17, 15) is 8.78 Å². The summed E-state index contributed by atoms with van der Waals surface area (Å²) in [5.74, 6) is -0.537. The monoisotopic (exact) mass is 273 g/mol. The molecule has 104 valence electrons. The van der Waals surface area contributed by atoms with E-state index in [0.717, 1.165) is 12.5 Å². The van der Waals surface area contributed by atoms with Crippen molar-refractivity contribution in [1.29, 1.82) is 0 Å². The lowest BCUT2D eigenvalue weighted by Gasteiger charge is -2.14. The summed E-state index contributed by atoms with van der Waals surface area (Å²) < 4.78 is 26.4. The van der Waals surface area contributed by atoms with E-state index in [4.69, 9.17) is 0 Å².